The van der Waals surface area contributed by atoms with Gasteiger partial charge >= 0.3 is 0 Å². The number of imidazole rings is 1. The summed E-state index contributed by atoms with van der Waals surface area (Å²) in [6.07, 6.45) is 9.15. The molecule has 25 heavy (non-hydrogen) atoms. The number of piperidine rings is 1. The van der Waals surface area contributed by atoms with E-state index in [0.717, 1.165) is 38.3 Å². The normalized spacial score (nSPS) is 18.6. The van der Waals surface area contributed by atoms with Crippen molar-refractivity contribution in [2.75, 3.05) is 19.6 Å². The Hall–Kier alpha value is -2.13. The van der Waals surface area contributed by atoms with Gasteiger partial charge in [-0.2, -0.15) is 0 Å². The van der Waals surface area contributed by atoms with Crippen LogP contribution >= 0.6 is 11.3 Å². The molecular weight excluding hydrogens is 336 g/mol. The van der Waals surface area contributed by atoms with Gasteiger partial charge in [0.25, 0.3) is 0 Å². The highest BCUT2D eigenvalue weighted by Gasteiger charge is 2.24. The maximum atomic E-state index is 4.66. The van der Waals surface area contributed by atoms with Crippen LogP contribution in [-0.2, 0) is 13.1 Å². The van der Waals surface area contributed by atoms with Crippen molar-refractivity contribution < 1.29 is 0 Å². The van der Waals surface area contributed by atoms with E-state index in [9.17, 15) is 0 Å². The zero-order valence-corrected chi connectivity index (χ0v) is 14.9. The van der Waals surface area contributed by atoms with Gasteiger partial charge in [-0.1, -0.05) is 0 Å². The molecule has 1 aliphatic rings. The lowest BCUT2D eigenvalue weighted by Crippen LogP contribution is -2.36. The van der Waals surface area contributed by atoms with Gasteiger partial charge in [0, 0.05) is 36.8 Å². The zero-order chi connectivity index (χ0) is 16.9. The molecule has 0 aliphatic carbocycles. The van der Waals surface area contributed by atoms with Crippen LogP contribution in [-0.4, -0.2) is 59.3 Å². The number of aryl methyl sites for hydroxylation is 1. The van der Waals surface area contributed by atoms with Crippen molar-refractivity contribution in [2.24, 2.45) is 0 Å². The van der Waals surface area contributed by atoms with Gasteiger partial charge < -0.3 is 9.47 Å². The minimum atomic E-state index is 0.496. The number of tetrazole rings is 1. The number of hydrogen-bond donors (Lipinski definition) is 0. The summed E-state index contributed by atoms with van der Waals surface area (Å²) in [5, 5.41) is 13.4. The summed E-state index contributed by atoms with van der Waals surface area (Å²) in [4.78, 5) is 11.6. The zero-order valence-electron chi connectivity index (χ0n) is 14.1. The molecule has 0 aromatic carbocycles. The number of likely N-dealkylation sites (tertiary alicyclic amines) is 1. The Labute approximate surface area is 150 Å². The van der Waals surface area contributed by atoms with Crippen molar-refractivity contribution in [3.05, 3.63) is 41.1 Å². The van der Waals surface area contributed by atoms with Gasteiger partial charge in [-0.3, -0.25) is 0 Å². The monoisotopic (exact) mass is 358 g/mol. The Morgan fingerprint density at radius 2 is 2.24 bits per heavy atom. The average Bonchev–Trinajstić information content (AvgIpc) is 3.38. The van der Waals surface area contributed by atoms with Crippen LogP contribution in [0.2, 0.25) is 0 Å². The summed E-state index contributed by atoms with van der Waals surface area (Å²) < 4.78 is 4.05. The molecule has 1 unspecified atom stereocenters. The van der Waals surface area contributed by atoms with E-state index in [-0.39, 0.29) is 0 Å². The molecule has 0 radical (unpaired) electrons. The molecule has 0 bridgehead atoms. The Bertz CT molecular complexity index is 751. The van der Waals surface area contributed by atoms with Crippen molar-refractivity contribution in [1.29, 1.82) is 0 Å². The van der Waals surface area contributed by atoms with Crippen LogP contribution in [0.4, 0.5) is 0 Å². The molecule has 3 aromatic heterocycles. The molecule has 1 atom stereocenters. The van der Waals surface area contributed by atoms with Crippen molar-refractivity contribution >= 4 is 11.3 Å². The summed E-state index contributed by atoms with van der Waals surface area (Å²) in [7, 11) is 0. The van der Waals surface area contributed by atoms with Gasteiger partial charge in [0.2, 0.25) is 0 Å². The average molecular weight is 358 g/mol. The molecule has 3 aromatic rings. The third kappa shape index (κ3) is 4.10. The molecule has 1 fully saturated rings. The second-order valence-corrected chi connectivity index (χ2v) is 7.18. The number of hydrogen-bond acceptors (Lipinski definition) is 7. The van der Waals surface area contributed by atoms with Gasteiger partial charge in [0.05, 0.1) is 17.7 Å². The summed E-state index contributed by atoms with van der Waals surface area (Å²) in [6, 6.07) is 0. The Balaban J connectivity index is 1.34. The van der Waals surface area contributed by atoms with E-state index in [1.807, 2.05) is 11.7 Å². The number of rotatable bonds is 7. The molecule has 0 amide bonds. The predicted octanol–water partition coefficient (Wildman–Crippen LogP) is 1.64. The molecule has 4 heterocycles. The van der Waals surface area contributed by atoms with Crippen molar-refractivity contribution in [1.82, 2.24) is 39.6 Å². The molecule has 4 rings (SSSR count). The van der Waals surface area contributed by atoms with Crippen LogP contribution in [0.25, 0.3) is 0 Å². The molecule has 0 N–H and O–H groups in total. The second-order valence-electron chi connectivity index (χ2n) is 6.46. The highest BCUT2D eigenvalue weighted by atomic mass is 32.1. The minimum Gasteiger partial charge on any atom is -0.329 e. The standard InChI is InChI=1S/C16H22N8S/c1-3-14(9-22(5-1)6-2-7-24-12-19-20-21-24)16-17-4-8-23(16)10-15-11-25-13-18-15/h4,8,11-14H,1-3,5-7,9-10H2. The Kier molecular flexibility index (Phi) is 5.12. The fourth-order valence-corrected chi connectivity index (χ4v) is 4.06. The first-order valence-corrected chi connectivity index (χ1v) is 9.64. The number of aromatic nitrogens is 7. The predicted molar refractivity (Wildman–Crippen MR) is 94.3 cm³/mol. The molecular formula is C16H22N8S. The molecule has 8 nitrogen and oxygen atoms in total. The van der Waals surface area contributed by atoms with E-state index in [2.05, 4.69) is 46.5 Å². The molecule has 1 aliphatic heterocycles. The van der Waals surface area contributed by atoms with Gasteiger partial charge in [0.15, 0.2) is 0 Å². The van der Waals surface area contributed by atoms with Gasteiger partial charge in [-0.05, 0) is 42.8 Å². The number of thiazole rings is 1. The van der Waals surface area contributed by atoms with Crippen LogP contribution in [0.3, 0.4) is 0 Å². The Morgan fingerprint density at radius 1 is 1.24 bits per heavy atom. The molecule has 132 valence electrons. The van der Waals surface area contributed by atoms with Crippen LogP contribution in [0.15, 0.2) is 29.6 Å². The summed E-state index contributed by atoms with van der Waals surface area (Å²) >= 11 is 1.64. The van der Waals surface area contributed by atoms with Crippen LogP contribution < -0.4 is 0 Å². The van der Waals surface area contributed by atoms with Gasteiger partial charge in [-0.15, -0.1) is 16.4 Å². The first-order chi connectivity index (χ1) is 12.4. The maximum Gasteiger partial charge on any atom is 0.138 e. The molecule has 0 saturated carbocycles. The molecule has 0 spiro atoms. The van der Waals surface area contributed by atoms with Crippen LogP contribution in [0, 0.1) is 0 Å². The first-order valence-electron chi connectivity index (χ1n) is 8.70. The topological polar surface area (TPSA) is 77.5 Å². The van der Waals surface area contributed by atoms with E-state index >= 15 is 0 Å². The van der Waals surface area contributed by atoms with Gasteiger partial charge in [-0.25, -0.2) is 14.6 Å². The minimum absolute atomic E-state index is 0.496. The van der Waals surface area contributed by atoms with Gasteiger partial charge in [0.1, 0.15) is 12.2 Å². The lowest BCUT2D eigenvalue weighted by molar-refractivity contribution is 0.196. The fraction of sp³-hybridized carbons (Fsp3) is 0.562. The van der Waals surface area contributed by atoms with Crippen molar-refractivity contribution in [3.8, 4) is 0 Å². The SMILES string of the molecule is c1cn(Cc2cscn2)c(C2CCCN(CCCn3cnnn3)C2)n1. The lowest BCUT2D eigenvalue weighted by Gasteiger charge is -2.32. The van der Waals surface area contributed by atoms with E-state index in [4.69, 9.17) is 0 Å². The molecule has 1 saturated heterocycles. The van der Waals surface area contributed by atoms with E-state index < -0.39 is 0 Å². The third-order valence-corrected chi connectivity index (χ3v) is 5.32. The fourth-order valence-electron chi connectivity index (χ4n) is 3.51. The molecule has 9 heteroatoms. The largest absolute Gasteiger partial charge is 0.329 e. The van der Waals surface area contributed by atoms with E-state index in [1.54, 1.807) is 22.3 Å². The van der Waals surface area contributed by atoms with Crippen molar-refractivity contribution in [2.45, 2.75) is 38.3 Å². The second kappa shape index (κ2) is 7.83. The quantitative estimate of drug-likeness (QED) is 0.639. The van der Waals surface area contributed by atoms with Crippen LogP contribution in [0.1, 0.15) is 36.7 Å². The smallest absolute Gasteiger partial charge is 0.138 e. The third-order valence-electron chi connectivity index (χ3n) is 4.69. The van der Waals surface area contributed by atoms with Crippen molar-refractivity contribution in [3.63, 3.8) is 0 Å². The first kappa shape index (κ1) is 16.3. The number of nitrogens with zero attached hydrogens (tertiary/aromatic N) is 8. The van der Waals surface area contributed by atoms with E-state index in [1.165, 1.54) is 25.2 Å². The summed E-state index contributed by atoms with van der Waals surface area (Å²) in [5.41, 5.74) is 3.00. The summed E-state index contributed by atoms with van der Waals surface area (Å²) in [6.45, 7) is 4.99. The lowest BCUT2D eigenvalue weighted by atomic mass is 9.97. The van der Waals surface area contributed by atoms with Crippen LogP contribution in [0.5, 0.6) is 0 Å². The van der Waals surface area contributed by atoms with E-state index in [0.29, 0.717) is 5.92 Å². The summed E-state index contributed by atoms with van der Waals surface area (Å²) in [5.74, 6) is 1.69. The maximum absolute atomic E-state index is 4.66. The highest BCUT2D eigenvalue weighted by Crippen LogP contribution is 2.26. The highest BCUT2D eigenvalue weighted by molar-refractivity contribution is 7.07. The Morgan fingerprint density at radius 3 is 3.08 bits per heavy atom.